The van der Waals surface area contributed by atoms with Crippen molar-refractivity contribution in [3.8, 4) is 5.75 Å². The van der Waals surface area contributed by atoms with Gasteiger partial charge in [-0.15, -0.1) is 0 Å². The molecule has 1 fully saturated rings. The van der Waals surface area contributed by atoms with E-state index in [1.54, 1.807) is 0 Å². The van der Waals surface area contributed by atoms with Crippen LogP contribution in [0.2, 0.25) is 0 Å². The highest BCUT2D eigenvalue weighted by Crippen LogP contribution is 2.24. The smallest absolute Gasteiger partial charge is 0.120 e. The largest absolute Gasteiger partial charge is 0.492 e. The molecule has 1 aromatic carbocycles. The van der Waals surface area contributed by atoms with Gasteiger partial charge in [0.2, 0.25) is 0 Å². The molecule has 0 N–H and O–H groups in total. The average Bonchev–Trinajstić information content (AvgIpc) is 2.27. The fourth-order valence-corrected chi connectivity index (χ4v) is 4.08. The standard InChI is InChI=1S/C14H20BrNOS/c1-11-9-16(10-12(2)18-11)6-7-17-14-5-3-4-13(15)8-14/h3-5,8,11-12H,6-7,9-10H2,1-2H3. The summed E-state index contributed by atoms with van der Waals surface area (Å²) in [5.74, 6) is 0.942. The summed E-state index contributed by atoms with van der Waals surface area (Å²) in [6, 6.07) is 8.03. The maximum absolute atomic E-state index is 5.78. The van der Waals surface area contributed by atoms with Crippen LogP contribution in [0.15, 0.2) is 28.7 Å². The molecular formula is C14H20BrNOS. The van der Waals surface area contributed by atoms with Crippen molar-refractivity contribution in [2.45, 2.75) is 24.3 Å². The Labute approximate surface area is 122 Å². The fraction of sp³-hybridized carbons (Fsp3) is 0.571. The summed E-state index contributed by atoms with van der Waals surface area (Å²) in [5.41, 5.74) is 0. The first-order valence-electron chi connectivity index (χ1n) is 6.39. The van der Waals surface area contributed by atoms with Crippen LogP contribution in [-0.2, 0) is 0 Å². The summed E-state index contributed by atoms with van der Waals surface area (Å²) >= 11 is 5.54. The van der Waals surface area contributed by atoms with E-state index in [0.29, 0.717) is 0 Å². The van der Waals surface area contributed by atoms with Gasteiger partial charge in [-0.05, 0) is 18.2 Å². The molecule has 2 nitrogen and oxygen atoms in total. The highest BCUT2D eigenvalue weighted by molar-refractivity contribution is 9.10. The second-order valence-corrected chi connectivity index (χ2v) is 7.62. The molecule has 1 saturated heterocycles. The van der Waals surface area contributed by atoms with Crippen LogP contribution >= 0.6 is 27.7 Å². The van der Waals surface area contributed by atoms with Crippen LogP contribution in [-0.4, -0.2) is 41.6 Å². The second-order valence-electron chi connectivity index (χ2n) is 4.82. The topological polar surface area (TPSA) is 12.5 Å². The monoisotopic (exact) mass is 329 g/mol. The van der Waals surface area contributed by atoms with Crippen molar-refractivity contribution in [3.63, 3.8) is 0 Å². The third-order valence-electron chi connectivity index (χ3n) is 2.97. The van der Waals surface area contributed by atoms with Crippen molar-refractivity contribution in [2.24, 2.45) is 0 Å². The quantitative estimate of drug-likeness (QED) is 0.836. The van der Waals surface area contributed by atoms with Crippen LogP contribution in [0.5, 0.6) is 5.75 Å². The van der Waals surface area contributed by atoms with Gasteiger partial charge in [0, 0.05) is 34.6 Å². The number of rotatable bonds is 4. The van der Waals surface area contributed by atoms with Crippen LogP contribution < -0.4 is 4.74 Å². The number of thioether (sulfide) groups is 1. The van der Waals surface area contributed by atoms with E-state index in [9.17, 15) is 0 Å². The molecule has 2 unspecified atom stereocenters. The molecule has 1 heterocycles. The van der Waals surface area contributed by atoms with Crippen molar-refractivity contribution < 1.29 is 4.74 Å². The highest BCUT2D eigenvalue weighted by atomic mass is 79.9. The van der Waals surface area contributed by atoms with E-state index < -0.39 is 0 Å². The summed E-state index contributed by atoms with van der Waals surface area (Å²) in [6.07, 6.45) is 0. The van der Waals surface area contributed by atoms with E-state index in [0.717, 1.165) is 33.9 Å². The third kappa shape index (κ3) is 4.48. The third-order valence-corrected chi connectivity index (χ3v) is 4.69. The lowest BCUT2D eigenvalue weighted by Gasteiger charge is -2.34. The zero-order valence-corrected chi connectivity index (χ0v) is 13.3. The Balaban J connectivity index is 1.75. The van der Waals surface area contributed by atoms with Crippen LogP contribution in [0.25, 0.3) is 0 Å². The molecule has 1 aromatic rings. The average molecular weight is 330 g/mol. The lowest BCUT2D eigenvalue weighted by molar-refractivity contribution is 0.207. The Morgan fingerprint density at radius 1 is 1.33 bits per heavy atom. The molecule has 0 amide bonds. The molecule has 2 atom stereocenters. The molecule has 0 saturated carbocycles. The Morgan fingerprint density at radius 3 is 2.72 bits per heavy atom. The summed E-state index contributed by atoms with van der Waals surface area (Å²) in [7, 11) is 0. The van der Waals surface area contributed by atoms with Crippen LogP contribution in [0, 0.1) is 0 Å². The maximum Gasteiger partial charge on any atom is 0.120 e. The number of halogens is 1. The zero-order valence-electron chi connectivity index (χ0n) is 10.9. The maximum atomic E-state index is 5.78. The molecule has 2 rings (SSSR count). The number of ether oxygens (including phenoxy) is 1. The normalized spacial score (nSPS) is 25.1. The number of benzene rings is 1. The molecule has 4 heteroatoms. The zero-order chi connectivity index (χ0) is 13.0. The van der Waals surface area contributed by atoms with Gasteiger partial charge >= 0.3 is 0 Å². The van der Waals surface area contributed by atoms with Gasteiger partial charge in [0.1, 0.15) is 12.4 Å². The highest BCUT2D eigenvalue weighted by Gasteiger charge is 2.21. The first-order chi connectivity index (χ1) is 8.63. The number of hydrogen-bond donors (Lipinski definition) is 0. The summed E-state index contributed by atoms with van der Waals surface area (Å²) < 4.78 is 6.85. The van der Waals surface area contributed by atoms with Crippen LogP contribution in [0.3, 0.4) is 0 Å². The van der Waals surface area contributed by atoms with Gasteiger partial charge in [-0.3, -0.25) is 4.90 Å². The lowest BCUT2D eigenvalue weighted by atomic mass is 10.3. The van der Waals surface area contributed by atoms with Crippen molar-refractivity contribution in [1.82, 2.24) is 4.90 Å². The van der Waals surface area contributed by atoms with E-state index >= 15 is 0 Å². The Hall–Kier alpha value is -0.190. The molecule has 0 aromatic heterocycles. The molecular weight excluding hydrogens is 310 g/mol. The van der Waals surface area contributed by atoms with Gasteiger partial charge < -0.3 is 4.74 Å². The molecule has 1 aliphatic heterocycles. The molecule has 18 heavy (non-hydrogen) atoms. The van der Waals surface area contributed by atoms with Gasteiger partial charge in [0.05, 0.1) is 0 Å². The van der Waals surface area contributed by atoms with Gasteiger partial charge in [-0.1, -0.05) is 35.8 Å². The van der Waals surface area contributed by atoms with Crippen molar-refractivity contribution in [3.05, 3.63) is 28.7 Å². The molecule has 100 valence electrons. The Kier molecular flexibility index (Phi) is 5.39. The van der Waals surface area contributed by atoms with E-state index in [1.807, 2.05) is 24.3 Å². The first-order valence-corrected chi connectivity index (χ1v) is 8.13. The van der Waals surface area contributed by atoms with Gasteiger partial charge in [-0.2, -0.15) is 11.8 Å². The minimum Gasteiger partial charge on any atom is -0.492 e. The van der Waals surface area contributed by atoms with Gasteiger partial charge in [0.25, 0.3) is 0 Å². The first kappa shape index (κ1) is 14.2. The Morgan fingerprint density at radius 2 is 2.06 bits per heavy atom. The predicted octanol–water partition coefficient (Wildman–Crippen LogP) is 3.65. The Bertz CT molecular complexity index is 378. The molecule has 0 radical (unpaired) electrons. The van der Waals surface area contributed by atoms with E-state index in [-0.39, 0.29) is 0 Å². The lowest BCUT2D eigenvalue weighted by Crippen LogP contribution is -2.42. The minimum absolute atomic E-state index is 0.736. The van der Waals surface area contributed by atoms with Crippen molar-refractivity contribution in [2.75, 3.05) is 26.2 Å². The van der Waals surface area contributed by atoms with Gasteiger partial charge in [0.15, 0.2) is 0 Å². The second kappa shape index (κ2) is 6.83. The number of hydrogen-bond acceptors (Lipinski definition) is 3. The minimum atomic E-state index is 0.736. The van der Waals surface area contributed by atoms with E-state index in [4.69, 9.17) is 4.74 Å². The summed E-state index contributed by atoms with van der Waals surface area (Å²) in [6.45, 7) is 8.75. The van der Waals surface area contributed by atoms with E-state index in [2.05, 4.69) is 46.4 Å². The van der Waals surface area contributed by atoms with Crippen LogP contribution in [0.1, 0.15) is 13.8 Å². The number of nitrogens with zero attached hydrogens (tertiary/aromatic N) is 1. The predicted molar refractivity (Wildman–Crippen MR) is 82.6 cm³/mol. The van der Waals surface area contributed by atoms with Crippen molar-refractivity contribution in [1.29, 1.82) is 0 Å². The molecule has 0 bridgehead atoms. The molecule has 0 spiro atoms. The van der Waals surface area contributed by atoms with E-state index in [1.165, 1.54) is 13.1 Å². The summed E-state index contributed by atoms with van der Waals surface area (Å²) in [5, 5.41) is 1.47. The van der Waals surface area contributed by atoms with Crippen molar-refractivity contribution >= 4 is 27.7 Å². The van der Waals surface area contributed by atoms with Crippen LogP contribution in [0.4, 0.5) is 0 Å². The fourth-order valence-electron chi connectivity index (χ4n) is 2.32. The summed E-state index contributed by atoms with van der Waals surface area (Å²) in [4.78, 5) is 2.50. The molecule has 1 aliphatic rings. The SMILES string of the molecule is CC1CN(CCOc2cccc(Br)c2)CC(C)S1. The van der Waals surface area contributed by atoms with Gasteiger partial charge in [-0.25, -0.2) is 0 Å². The molecule has 0 aliphatic carbocycles.